The van der Waals surface area contributed by atoms with Crippen LogP contribution < -0.4 is 0 Å². The van der Waals surface area contributed by atoms with Crippen LogP contribution >= 0.6 is 11.8 Å². The van der Waals surface area contributed by atoms with Crippen molar-refractivity contribution in [1.29, 1.82) is 0 Å². The molecule has 1 fully saturated rings. The quantitative estimate of drug-likeness (QED) is 0.487. The minimum absolute atomic E-state index is 0.549. The van der Waals surface area contributed by atoms with E-state index in [-0.39, 0.29) is 0 Å². The molecule has 2 heterocycles. The fourth-order valence-corrected chi connectivity index (χ4v) is 4.38. The van der Waals surface area contributed by atoms with E-state index in [2.05, 4.69) is 80.5 Å². The van der Waals surface area contributed by atoms with Gasteiger partial charge in [0.25, 0.3) is 0 Å². The molecule has 1 N–H and O–H groups in total. The first-order valence-corrected chi connectivity index (χ1v) is 10.1. The average Bonchev–Trinajstić information content (AvgIpc) is 3.30. The molecular formula is C21H20N4S. The van der Waals surface area contributed by atoms with Crippen molar-refractivity contribution >= 4 is 22.7 Å². The van der Waals surface area contributed by atoms with Gasteiger partial charge in [0.1, 0.15) is 0 Å². The van der Waals surface area contributed by atoms with Crippen LogP contribution in [0.3, 0.4) is 0 Å². The second-order valence-electron chi connectivity index (χ2n) is 6.74. The smallest absolute Gasteiger partial charge is 0.191 e. The number of H-pyrrole nitrogens is 1. The number of aromatic amines is 1. The molecule has 26 heavy (non-hydrogen) atoms. The first kappa shape index (κ1) is 15.7. The number of nitrogens with zero attached hydrogens (tertiary/aromatic N) is 3. The van der Waals surface area contributed by atoms with E-state index in [0.29, 0.717) is 6.04 Å². The number of hydrogen-bond donors (Lipinski definition) is 1. The Kier molecular flexibility index (Phi) is 4.02. The molecule has 0 spiro atoms. The molecule has 130 valence electrons. The molecule has 5 rings (SSSR count). The lowest BCUT2D eigenvalue weighted by Gasteiger charge is -2.08. The average molecular weight is 360 g/mol. The summed E-state index contributed by atoms with van der Waals surface area (Å²) in [6.45, 7) is 0. The molecule has 4 nitrogen and oxygen atoms in total. The molecule has 0 bridgehead atoms. The predicted octanol–water partition coefficient (Wildman–Crippen LogP) is 5.10. The van der Waals surface area contributed by atoms with E-state index in [4.69, 9.17) is 0 Å². The maximum atomic E-state index is 4.57. The summed E-state index contributed by atoms with van der Waals surface area (Å²) in [5.41, 5.74) is 3.66. The molecule has 0 aliphatic heterocycles. The molecule has 5 heteroatoms. The Balaban J connectivity index is 1.43. The van der Waals surface area contributed by atoms with E-state index in [9.17, 15) is 0 Å². The summed E-state index contributed by atoms with van der Waals surface area (Å²) in [4.78, 5) is 3.36. The molecule has 1 saturated carbocycles. The summed E-state index contributed by atoms with van der Waals surface area (Å²) in [6, 6.07) is 19.6. The van der Waals surface area contributed by atoms with E-state index in [0.717, 1.165) is 34.2 Å². The van der Waals surface area contributed by atoms with Gasteiger partial charge in [0.15, 0.2) is 11.0 Å². The van der Waals surface area contributed by atoms with Gasteiger partial charge in [0, 0.05) is 34.5 Å². The number of nitrogens with one attached hydrogen (secondary N) is 1. The normalized spacial score (nSPS) is 14.2. The van der Waals surface area contributed by atoms with Crippen LogP contribution in [0.4, 0.5) is 0 Å². The van der Waals surface area contributed by atoms with Crippen molar-refractivity contribution in [3.63, 3.8) is 0 Å². The third-order valence-electron chi connectivity index (χ3n) is 4.87. The Morgan fingerprint density at radius 2 is 1.81 bits per heavy atom. The van der Waals surface area contributed by atoms with Gasteiger partial charge < -0.3 is 4.98 Å². The first-order valence-electron chi connectivity index (χ1n) is 9.08. The molecule has 2 aromatic heterocycles. The maximum absolute atomic E-state index is 4.57. The van der Waals surface area contributed by atoms with E-state index in [1.54, 1.807) is 0 Å². The van der Waals surface area contributed by atoms with Gasteiger partial charge in [-0.05, 0) is 30.9 Å². The van der Waals surface area contributed by atoms with E-state index >= 15 is 0 Å². The minimum Gasteiger partial charge on any atom is -0.360 e. The first-order chi connectivity index (χ1) is 12.9. The predicted molar refractivity (Wildman–Crippen MR) is 106 cm³/mol. The molecule has 0 unspecified atom stereocenters. The fourth-order valence-electron chi connectivity index (χ4n) is 3.38. The number of rotatable bonds is 6. The Labute approximate surface area is 156 Å². The van der Waals surface area contributed by atoms with E-state index < -0.39 is 0 Å². The third-order valence-corrected chi connectivity index (χ3v) is 5.82. The summed E-state index contributed by atoms with van der Waals surface area (Å²) in [7, 11) is 0. The van der Waals surface area contributed by atoms with Crippen molar-refractivity contribution in [2.75, 3.05) is 5.75 Å². The summed E-state index contributed by atoms with van der Waals surface area (Å²) < 4.78 is 2.35. The standard InChI is InChI=1S/C21H20N4S/c1-2-6-15(7-3-1)12-13-26-21-24-23-20(25(21)16-10-11-16)18-14-22-19-9-5-4-8-17(18)19/h1-9,14,16,22H,10-13H2. The van der Waals surface area contributed by atoms with Crippen LogP contribution in [-0.2, 0) is 6.42 Å². The number of para-hydroxylation sites is 1. The second-order valence-corrected chi connectivity index (χ2v) is 7.80. The van der Waals surface area contributed by atoms with Crippen LogP contribution in [0.15, 0.2) is 66.0 Å². The summed E-state index contributed by atoms with van der Waals surface area (Å²) in [5.74, 6) is 2.01. The van der Waals surface area contributed by atoms with Crippen LogP contribution in [0.1, 0.15) is 24.4 Å². The SMILES string of the molecule is c1ccc(CCSc2nnc(-c3c[nH]c4ccccc34)n2C2CC2)cc1. The van der Waals surface area contributed by atoms with Gasteiger partial charge in [-0.2, -0.15) is 0 Å². The molecule has 4 aromatic rings. The van der Waals surface area contributed by atoms with Gasteiger partial charge in [-0.1, -0.05) is 60.3 Å². The Hall–Kier alpha value is -2.53. The maximum Gasteiger partial charge on any atom is 0.191 e. The zero-order valence-corrected chi connectivity index (χ0v) is 15.2. The van der Waals surface area contributed by atoms with E-state index in [1.807, 2.05) is 11.8 Å². The van der Waals surface area contributed by atoms with Crippen molar-refractivity contribution in [2.24, 2.45) is 0 Å². The van der Waals surface area contributed by atoms with Crippen LogP contribution in [0.5, 0.6) is 0 Å². The number of thioether (sulfide) groups is 1. The summed E-state index contributed by atoms with van der Waals surface area (Å²) >= 11 is 1.81. The van der Waals surface area contributed by atoms with Crippen molar-refractivity contribution < 1.29 is 0 Å². The third kappa shape index (κ3) is 2.92. The van der Waals surface area contributed by atoms with Crippen LogP contribution in [0.25, 0.3) is 22.3 Å². The highest BCUT2D eigenvalue weighted by molar-refractivity contribution is 7.99. The van der Waals surface area contributed by atoms with Crippen molar-refractivity contribution in [3.8, 4) is 11.4 Å². The number of aryl methyl sites for hydroxylation is 1. The zero-order valence-electron chi connectivity index (χ0n) is 14.4. The highest BCUT2D eigenvalue weighted by Crippen LogP contribution is 2.42. The minimum atomic E-state index is 0.549. The van der Waals surface area contributed by atoms with Crippen LogP contribution in [0, 0.1) is 0 Å². The summed E-state index contributed by atoms with van der Waals surface area (Å²) in [6.07, 6.45) is 5.55. The highest BCUT2D eigenvalue weighted by atomic mass is 32.2. The molecule has 0 saturated heterocycles. The zero-order chi connectivity index (χ0) is 17.3. The lowest BCUT2D eigenvalue weighted by atomic mass is 10.1. The fraction of sp³-hybridized carbons (Fsp3) is 0.238. The molecular weight excluding hydrogens is 340 g/mol. The number of benzene rings is 2. The van der Waals surface area contributed by atoms with Gasteiger partial charge in [0.2, 0.25) is 0 Å². The monoisotopic (exact) mass is 360 g/mol. The van der Waals surface area contributed by atoms with Gasteiger partial charge in [-0.25, -0.2) is 0 Å². The van der Waals surface area contributed by atoms with Gasteiger partial charge >= 0.3 is 0 Å². The van der Waals surface area contributed by atoms with Crippen molar-refractivity contribution in [1.82, 2.24) is 19.7 Å². The van der Waals surface area contributed by atoms with Crippen LogP contribution in [-0.4, -0.2) is 25.5 Å². The lowest BCUT2D eigenvalue weighted by Crippen LogP contribution is -2.00. The molecule has 0 atom stereocenters. The molecule has 0 amide bonds. The van der Waals surface area contributed by atoms with Gasteiger partial charge in [-0.15, -0.1) is 10.2 Å². The highest BCUT2D eigenvalue weighted by Gasteiger charge is 2.30. The number of hydrogen-bond acceptors (Lipinski definition) is 3. The largest absolute Gasteiger partial charge is 0.360 e. The molecule has 0 radical (unpaired) electrons. The van der Waals surface area contributed by atoms with Crippen molar-refractivity contribution in [2.45, 2.75) is 30.5 Å². The van der Waals surface area contributed by atoms with E-state index in [1.165, 1.54) is 23.8 Å². The second kappa shape index (κ2) is 6.65. The Morgan fingerprint density at radius 1 is 1.00 bits per heavy atom. The van der Waals surface area contributed by atoms with Gasteiger partial charge in [0.05, 0.1) is 0 Å². The summed E-state index contributed by atoms with van der Waals surface area (Å²) in [5, 5.41) is 11.4. The molecule has 2 aromatic carbocycles. The lowest BCUT2D eigenvalue weighted by molar-refractivity contribution is 0.669. The Morgan fingerprint density at radius 3 is 2.65 bits per heavy atom. The number of fused-ring (bicyclic) bond motifs is 1. The van der Waals surface area contributed by atoms with Crippen LogP contribution in [0.2, 0.25) is 0 Å². The van der Waals surface area contributed by atoms with Gasteiger partial charge in [-0.3, -0.25) is 4.57 Å². The van der Waals surface area contributed by atoms with Crippen molar-refractivity contribution in [3.05, 3.63) is 66.4 Å². The Bertz CT molecular complexity index is 1030. The molecule has 1 aliphatic carbocycles. The number of aromatic nitrogens is 4. The molecule has 1 aliphatic rings. The topological polar surface area (TPSA) is 46.5 Å².